The lowest BCUT2D eigenvalue weighted by atomic mass is 10.0. The fourth-order valence-corrected chi connectivity index (χ4v) is 2.51. The maximum Gasteiger partial charge on any atom is 0.371 e. The summed E-state index contributed by atoms with van der Waals surface area (Å²) >= 11 is 0. The van der Waals surface area contributed by atoms with Crippen molar-refractivity contribution in [1.82, 2.24) is 0 Å². The van der Waals surface area contributed by atoms with Crippen molar-refractivity contribution in [1.29, 1.82) is 0 Å². The zero-order valence-corrected chi connectivity index (χ0v) is 14.1. The van der Waals surface area contributed by atoms with Gasteiger partial charge >= 0.3 is 5.97 Å². The Hall–Kier alpha value is -3.01. The first-order valence-electron chi connectivity index (χ1n) is 8.34. The molecule has 2 aromatic carbocycles. The molecule has 1 heterocycles. The Labute approximate surface area is 146 Å². The van der Waals surface area contributed by atoms with Crippen LogP contribution in [0.1, 0.15) is 30.3 Å². The number of hydrogen-bond donors (Lipinski definition) is 1. The number of rotatable bonds is 7. The van der Waals surface area contributed by atoms with Crippen LogP contribution < -0.4 is 4.74 Å². The molecule has 1 aromatic heterocycles. The molecule has 0 spiro atoms. The number of carboxylic acids is 1. The van der Waals surface area contributed by atoms with Gasteiger partial charge in [0.25, 0.3) is 0 Å². The maximum absolute atomic E-state index is 10.9. The van der Waals surface area contributed by atoms with Gasteiger partial charge in [-0.1, -0.05) is 49.7 Å². The fourth-order valence-electron chi connectivity index (χ4n) is 2.51. The van der Waals surface area contributed by atoms with Gasteiger partial charge in [-0.15, -0.1) is 0 Å². The van der Waals surface area contributed by atoms with Gasteiger partial charge in [0.2, 0.25) is 5.76 Å². The van der Waals surface area contributed by atoms with Gasteiger partial charge in [-0.05, 0) is 41.8 Å². The number of benzene rings is 2. The Kier molecular flexibility index (Phi) is 5.19. The molecule has 0 atom stereocenters. The van der Waals surface area contributed by atoms with Gasteiger partial charge in [0.15, 0.2) is 0 Å². The normalized spacial score (nSPS) is 10.6. The molecule has 0 aliphatic heterocycles. The Bertz CT molecular complexity index is 829. The summed E-state index contributed by atoms with van der Waals surface area (Å²) in [5.74, 6) is 0.302. The molecule has 0 aliphatic carbocycles. The monoisotopic (exact) mass is 336 g/mol. The summed E-state index contributed by atoms with van der Waals surface area (Å²) in [4.78, 5) is 10.9. The van der Waals surface area contributed by atoms with Crippen molar-refractivity contribution in [3.8, 4) is 28.2 Å². The number of aromatic carboxylic acids is 1. The van der Waals surface area contributed by atoms with Crippen LogP contribution in [-0.2, 0) is 0 Å². The van der Waals surface area contributed by atoms with E-state index in [1.54, 1.807) is 6.07 Å². The second-order valence-electron chi connectivity index (χ2n) is 5.77. The topological polar surface area (TPSA) is 59.7 Å². The zero-order valence-electron chi connectivity index (χ0n) is 14.1. The first-order valence-corrected chi connectivity index (χ1v) is 8.34. The van der Waals surface area contributed by atoms with Gasteiger partial charge in [0, 0.05) is 5.56 Å². The van der Waals surface area contributed by atoms with Crippen LogP contribution in [0.25, 0.3) is 22.5 Å². The van der Waals surface area contributed by atoms with E-state index in [2.05, 4.69) is 6.92 Å². The summed E-state index contributed by atoms with van der Waals surface area (Å²) in [5, 5.41) is 8.92. The third kappa shape index (κ3) is 4.10. The van der Waals surface area contributed by atoms with Crippen molar-refractivity contribution < 1.29 is 19.1 Å². The highest BCUT2D eigenvalue weighted by Gasteiger charge is 2.10. The van der Waals surface area contributed by atoms with Crippen molar-refractivity contribution in [3.05, 3.63) is 66.4 Å². The molecule has 0 unspecified atom stereocenters. The molecule has 0 saturated carbocycles. The largest absolute Gasteiger partial charge is 0.494 e. The summed E-state index contributed by atoms with van der Waals surface area (Å²) < 4.78 is 11.0. The molecule has 0 bridgehead atoms. The van der Waals surface area contributed by atoms with Gasteiger partial charge in [0.1, 0.15) is 11.5 Å². The third-order valence-corrected chi connectivity index (χ3v) is 3.94. The predicted molar refractivity (Wildman–Crippen MR) is 96.9 cm³/mol. The number of furan rings is 1. The van der Waals surface area contributed by atoms with Gasteiger partial charge < -0.3 is 14.3 Å². The van der Waals surface area contributed by atoms with Crippen molar-refractivity contribution >= 4 is 5.97 Å². The SMILES string of the molecule is CCCCOc1ccc(-c2ccc(-c3ccc(C(=O)O)o3)cc2)cc1. The van der Waals surface area contributed by atoms with Crippen LogP contribution in [-0.4, -0.2) is 17.7 Å². The zero-order chi connectivity index (χ0) is 17.6. The molecule has 4 nitrogen and oxygen atoms in total. The first-order chi connectivity index (χ1) is 12.2. The number of carboxylic acid groups (broad SMARTS) is 1. The first kappa shape index (κ1) is 16.8. The molecule has 3 rings (SSSR count). The average molecular weight is 336 g/mol. The quantitative estimate of drug-likeness (QED) is 0.580. The smallest absolute Gasteiger partial charge is 0.371 e. The second kappa shape index (κ2) is 7.71. The Morgan fingerprint density at radius 1 is 0.920 bits per heavy atom. The van der Waals surface area contributed by atoms with E-state index in [9.17, 15) is 4.79 Å². The Morgan fingerprint density at radius 2 is 1.52 bits per heavy atom. The fraction of sp³-hybridized carbons (Fsp3) is 0.190. The van der Waals surface area contributed by atoms with Crippen molar-refractivity contribution in [2.75, 3.05) is 6.61 Å². The molecule has 0 saturated heterocycles. The summed E-state index contributed by atoms with van der Waals surface area (Å²) in [6.07, 6.45) is 2.17. The van der Waals surface area contributed by atoms with Crippen LogP contribution in [0.5, 0.6) is 5.75 Å². The number of hydrogen-bond acceptors (Lipinski definition) is 3. The number of carbonyl (C=O) groups is 1. The highest BCUT2D eigenvalue weighted by molar-refractivity contribution is 5.85. The molecule has 1 N–H and O–H groups in total. The van der Waals surface area contributed by atoms with E-state index in [-0.39, 0.29) is 5.76 Å². The number of ether oxygens (including phenoxy) is 1. The lowest BCUT2D eigenvalue weighted by Crippen LogP contribution is -1.95. The standard InChI is InChI=1S/C21H20O4/c1-2-3-14-24-18-10-8-16(9-11-18)15-4-6-17(7-5-15)19-12-13-20(25-19)21(22)23/h4-13H,2-3,14H2,1H3,(H,22,23). The summed E-state index contributed by atoms with van der Waals surface area (Å²) in [6, 6.07) is 19.0. The van der Waals surface area contributed by atoms with E-state index in [1.807, 2.05) is 48.5 Å². The minimum Gasteiger partial charge on any atom is -0.494 e. The molecule has 0 radical (unpaired) electrons. The number of unbranched alkanes of at least 4 members (excludes halogenated alkanes) is 1. The molecular weight excluding hydrogens is 316 g/mol. The van der Waals surface area contributed by atoms with E-state index in [1.165, 1.54) is 6.07 Å². The molecule has 25 heavy (non-hydrogen) atoms. The van der Waals surface area contributed by atoms with Gasteiger partial charge in [-0.2, -0.15) is 0 Å². The van der Waals surface area contributed by atoms with Crippen LogP contribution in [0.2, 0.25) is 0 Å². The highest BCUT2D eigenvalue weighted by Crippen LogP contribution is 2.27. The Morgan fingerprint density at radius 3 is 2.08 bits per heavy atom. The van der Waals surface area contributed by atoms with E-state index in [4.69, 9.17) is 14.3 Å². The van der Waals surface area contributed by atoms with Gasteiger partial charge in [-0.3, -0.25) is 0 Å². The Balaban J connectivity index is 1.72. The average Bonchev–Trinajstić information content (AvgIpc) is 3.13. The molecule has 0 amide bonds. The van der Waals surface area contributed by atoms with Crippen LogP contribution in [0.3, 0.4) is 0 Å². The summed E-state index contributed by atoms with van der Waals surface area (Å²) in [7, 11) is 0. The third-order valence-electron chi connectivity index (χ3n) is 3.94. The van der Waals surface area contributed by atoms with Crippen molar-refractivity contribution in [2.24, 2.45) is 0 Å². The minimum atomic E-state index is -1.07. The van der Waals surface area contributed by atoms with E-state index < -0.39 is 5.97 Å². The maximum atomic E-state index is 10.9. The molecule has 4 heteroatoms. The lowest BCUT2D eigenvalue weighted by molar-refractivity contribution is 0.0663. The van der Waals surface area contributed by atoms with Crippen LogP contribution in [0.15, 0.2) is 65.1 Å². The highest BCUT2D eigenvalue weighted by atomic mass is 16.5. The molecule has 0 aliphatic rings. The molecule has 3 aromatic rings. The van der Waals surface area contributed by atoms with E-state index >= 15 is 0 Å². The van der Waals surface area contributed by atoms with Gasteiger partial charge in [-0.25, -0.2) is 4.79 Å². The second-order valence-corrected chi connectivity index (χ2v) is 5.77. The van der Waals surface area contributed by atoms with Crippen LogP contribution >= 0.6 is 0 Å². The van der Waals surface area contributed by atoms with E-state index in [0.717, 1.165) is 41.9 Å². The minimum absolute atomic E-state index is 0.0576. The summed E-state index contributed by atoms with van der Waals surface area (Å²) in [5.41, 5.74) is 3.02. The summed E-state index contributed by atoms with van der Waals surface area (Å²) in [6.45, 7) is 2.88. The van der Waals surface area contributed by atoms with Crippen molar-refractivity contribution in [3.63, 3.8) is 0 Å². The predicted octanol–water partition coefficient (Wildman–Crippen LogP) is 5.49. The van der Waals surface area contributed by atoms with E-state index in [0.29, 0.717) is 5.76 Å². The molecular formula is C21H20O4. The van der Waals surface area contributed by atoms with Crippen LogP contribution in [0.4, 0.5) is 0 Å². The van der Waals surface area contributed by atoms with Gasteiger partial charge in [0.05, 0.1) is 6.61 Å². The van der Waals surface area contributed by atoms with Crippen LogP contribution in [0, 0.1) is 0 Å². The van der Waals surface area contributed by atoms with Crippen molar-refractivity contribution in [2.45, 2.75) is 19.8 Å². The molecule has 0 fully saturated rings. The molecule has 128 valence electrons. The lowest BCUT2D eigenvalue weighted by Gasteiger charge is -2.07.